The molecule has 0 radical (unpaired) electrons. The van der Waals surface area contributed by atoms with Gasteiger partial charge >= 0.3 is 12.1 Å². The number of ether oxygens (including phenoxy) is 2. The maximum atomic E-state index is 13.4. The molecule has 2 amide bonds. The van der Waals surface area contributed by atoms with Gasteiger partial charge in [0.05, 0.1) is 0 Å². The van der Waals surface area contributed by atoms with Crippen LogP contribution < -0.4 is 5.32 Å². The number of amides is 2. The Morgan fingerprint density at radius 1 is 1.11 bits per heavy atom. The number of likely N-dealkylation sites (tertiary alicyclic amines) is 1. The number of alkyl carbamates (subject to hydrolysis) is 1. The van der Waals surface area contributed by atoms with Gasteiger partial charge in [0.1, 0.15) is 18.2 Å². The van der Waals surface area contributed by atoms with E-state index in [4.69, 9.17) is 9.47 Å². The first-order chi connectivity index (χ1) is 17.0. The summed E-state index contributed by atoms with van der Waals surface area (Å²) in [5, 5.41) is 12.5. The van der Waals surface area contributed by atoms with E-state index in [-0.39, 0.29) is 37.4 Å². The number of carboxylic acid groups (broad SMARTS) is 1. The first-order valence-electron chi connectivity index (χ1n) is 12.1. The summed E-state index contributed by atoms with van der Waals surface area (Å²) in [6.45, 7) is 0.755. The van der Waals surface area contributed by atoms with Gasteiger partial charge in [0.2, 0.25) is 5.91 Å². The molecular formula is C27H30N2O6. The highest BCUT2D eigenvalue weighted by Gasteiger charge is 2.67. The second-order valence-corrected chi connectivity index (χ2v) is 9.57. The fourth-order valence-electron chi connectivity index (χ4n) is 5.83. The third kappa shape index (κ3) is 4.05. The number of fused-ring (bicyclic) bond motifs is 4. The lowest BCUT2D eigenvalue weighted by atomic mass is 9.98. The summed E-state index contributed by atoms with van der Waals surface area (Å²) < 4.78 is 10.8. The largest absolute Gasteiger partial charge is 0.479 e. The van der Waals surface area contributed by atoms with Gasteiger partial charge in [0.15, 0.2) is 0 Å². The minimum atomic E-state index is -1.14. The molecule has 3 atom stereocenters. The van der Waals surface area contributed by atoms with Crippen LogP contribution in [0.3, 0.4) is 0 Å². The number of hydrogen-bond acceptors (Lipinski definition) is 5. The lowest BCUT2D eigenvalue weighted by Gasteiger charge is -2.36. The molecule has 1 aliphatic heterocycles. The molecule has 1 saturated carbocycles. The van der Waals surface area contributed by atoms with Crippen LogP contribution >= 0.6 is 0 Å². The first-order valence-corrected chi connectivity index (χ1v) is 12.1. The van der Waals surface area contributed by atoms with Gasteiger partial charge in [-0.1, -0.05) is 48.5 Å². The number of carbonyl (C=O) groups excluding carboxylic acids is 2. The van der Waals surface area contributed by atoms with E-state index in [1.54, 1.807) is 0 Å². The van der Waals surface area contributed by atoms with Crippen molar-refractivity contribution in [2.24, 2.45) is 5.92 Å². The summed E-state index contributed by atoms with van der Waals surface area (Å²) in [7, 11) is 1.52. The molecule has 1 saturated heterocycles. The number of rotatable bonds is 8. The van der Waals surface area contributed by atoms with Crippen LogP contribution in [0.25, 0.3) is 11.1 Å². The topological polar surface area (TPSA) is 105 Å². The standard InChI is InChI=1S/C27H30N2O6/c1-34-14-12-23(24(30)29-13-6-7-17-15-27(17,29)25(31)32)28-26(33)35-16-22-20-10-4-2-8-18(20)19-9-3-5-11-21(19)22/h2-5,8-11,17,22-23H,6-7,12-16H2,1H3,(H,28,33)(H,31,32). The maximum Gasteiger partial charge on any atom is 0.407 e. The molecule has 2 aromatic rings. The number of benzene rings is 2. The zero-order valence-electron chi connectivity index (χ0n) is 19.7. The number of carbonyl (C=O) groups is 3. The quantitative estimate of drug-likeness (QED) is 0.603. The van der Waals surface area contributed by atoms with Crippen molar-refractivity contribution in [2.45, 2.75) is 43.2 Å². The van der Waals surface area contributed by atoms with Crippen molar-refractivity contribution in [3.8, 4) is 11.1 Å². The Labute approximate surface area is 204 Å². The Kier molecular flexibility index (Phi) is 6.23. The van der Waals surface area contributed by atoms with E-state index in [1.807, 2.05) is 36.4 Å². The first kappa shape index (κ1) is 23.4. The molecule has 1 heterocycles. The van der Waals surface area contributed by atoms with Gasteiger partial charge in [0.25, 0.3) is 0 Å². The molecule has 3 aliphatic rings. The molecule has 2 aliphatic carbocycles. The number of piperidine rings is 1. The SMILES string of the molecule is COCCC(NC(=O)OCC1c2ccccc2-c2ccccc21)C(=O)N1CCCC2CC21C(=O)O. The van der Waals surface area contributed by atoms with E-state index in [9.17, 15) is 19.5 Å². The third-order valence-corrected chi connectivity index (χ3v) is 7.67. The summed E-state index contributed by atoms with van der Waals surface area (Å²) in [5.74, 6) is -1.47. The highest BCUT2D eigenvalue weighted by atomic mass is 16.5. The lowest BCUT2D eigenvalue weighted by Crippen LogP contribution is -2.57. The molecule has 5 rings (SSSR count). The Balaban J connectivity index is 1.28. The summed E-state index contributed by atoms with van der Waals surface area (Å²) >= 11 is 0. The van der Waals surface area contributed by atoms with Gasteiger partial charge in [-0.15, -0.1) is 0 Å². The van der Waals surface area contributed by atoms with Gasteiger partial charge < -0.3 is 24.8 Å². The zero-order chi connectivity index (χ0) is 24.6. The van der Waals surface area contributed by atoms with E-state index in [1.165, 1.54) is 12.0 Å². The number of nitrogens with one attached hydrogen (secondary N) is 1. The minimum absolute atomic E-state index is 0.0183. The summed E-state index contributed by atoms with van der Waals surface area (Å²) in [4.78, 5) is 39.7. The summed E-state index contributed by atoms with van der Waals surface area (Å²) in [5.41, 5.74) is 3.33. The Morgan fingerprint density at radius 3 is 2.40 bits per heavy atom. The van der Waals surface area contributed by atoms with Crippen LogP contribution in [0.5, 0.6) is 0 Å². The fourth-order valence-corrected chi connectivity index (χ4v) is 5.83. The van der Waals surface area contributed by atoms with Crippen molar-refractivity contribution in [1.29, 1.82) is 0 Å². The number of nitrogens with zero attached hydrogens (tertiary/aromatic N) is 1. The molecule has 35 heavy (non-hydrogen) atoms. The van der Waals surface area contributed by atoms with Crippen LogP contribution in [-0.4, -0.2) is 66.4 Å². The van der Waals surface area contributed by atoms with Crippen LogP contribution in [0.1, 0.15) is 42.7 Å². The highest BCUT2D eigenvalue weighted by molar-refractivity contribution is 5.94. The van der Waals surface area contributed by atoms with Crippen LogP contribution in [0, 0.1) is 5.92 Å². The zero-order valence-corrected chi connectivity index (χ0v) is 19.7. The van der Waals surface area contributed by atoms with E-state index >= 15 is 0 Å². The monoisotopic (exact) mass is 478 g/mol. The predicted molar refractivity (Wildman–Crippen MR) is 128 cm³/mol. The van der Waals surface area contributed by atoms with Crippen molar-refractivity contribution < 1.29 is 29.0 Å². The Hall–Kier alpha value is -3.39. The van der Waals surface area contributed by atoms with Gasteiger partial charge in [-0.3, -0.25) is 4.79 Å². The van der Waals surface area contributed by atoms with Crippen LogP contribution in [0.15, 0.2) is 48.5 Å². The average Bonchev–Trinajstić information content (AvgIpc) is 3.56. The fraction of sp³-hybridized carbons (Fsp3) is 0.444. The molecule has 184 valence electrons. The smallest absolute Gasteiger partial charge is 0.407 e. The van der Waals surface area contributed by atoms with Gasteiger partial charge in [-0.25, -0.2) is 9.59 Å². The van der Waals surface area contributed by atoms with E-state index in [0.717, 1.165) is 35.1 Å². The molecule has 8 nitrogen and oxygen atoms in total. The number of hydrogen-bond donors (Lipinski definition) is 2. The molecule has 2 fully saturated rings. The van der Waals surface area contributed by atoms with E-state index in [0.29, 0.717) is 13.0 Å². The van der Waals surface area contributed by atoms with Gasteiger partial charge in [-0.05, 0) is 47.4 Å². The number of aliphatic carboxylic acids is 1. The van der Waals surface area contributed by atoms with Crippen molar-refractivity contribution in [1.82, 2.24) is 10.2 Å². The summed E-state index contributed by atoms with van der Waals surface area (Å²) in [6.07, 6.45) is 1.56. The van der Waals surface area contributed by atoms with Crippen molar-refractivity contribution in [3.05, 3.63) is 59.7 Å². The molecule has 3 unspecified atom stereocenters. The Morgan fingerprint density at radius 2 is 1.77 bits per heavy atom. The molecule has 0 bridgehead atoms. The normalized spacial score (nSPS) is 23.0. The third-order valence-electron chi connectivity index (χ3n) is 7.67. The second-order valence-electron chi connectivity index (χ2n) is 9.57. The molecule has 0 spiro atoms. The average molecular weight is 479 g/mol. The van der Waals surface area contributed by atoms with Gasteiger partial charge in [0, 0.05) is 32.6 Å². The molecule has 8 heteroatoms. The van der Waals surface area contributed by atoms with E-state index in [2.05, 4.69) is 17.4 Å². The predicted octanol–water partition coefficient (Wildman–Crippen LogP) is 3.40. The van der Waals surface area contributed by atoms with Crippen LogP contribution in [-0.2, 0) is 19.1 Å². The van der Waals surface area contributed by atoms with Crippen molar-refractivity contribution in [3.63, 3.8) is 0 Å². The Bertz CT molecular complexity index is 1100. The van der Waals surface area contributed by atoms with Crippen molar-refractivity contribution in [2.75, 3.05) is 26.9 Å². The van der Waals surface area contributed by atoms with Gasteiger partial charge in [-0.2, -0.15) is 0 Å². The molecule has 2 aromatic carbocycles. The van der Waals surface area contributed by atoms with Crippen molar-refractivity contribution >= 4 is 18.0 Å². The van der Waals surface area contributed by atoms with E-state index < -0.39 is 23.6 Å². The highest BCUT2D eigenvalue weighted by Crippen LogP contribution is 2.54. The molecule has 2 N–H and O–H groups in total. The maximum absolute atomic E-state index is 13.4. The summed E-state index contributed by atoms with van der Waals surface area (Å²) in [6, 6.07) is 15.2. The van der Waals surface area contributed by atoms with Crippen LogP contribution in [0.4, 0.5) is 4.79 Å². The second kappa shape index (κ2) is 9.34. The van der Waals surface area contributed by atoms with Crippen LogP contribution in [0.2, 0.25) is 0 Å². The minimum Gasteiger partial charge on any atom is -0.479 e. The lowest BCUT2D eigenvalue weighted by molar-refractivity contribution is -0.155. The molecular weight excluding hydrogens is 448 g/mol. The number of carboxylic acids is 1. The molecule has 0 aromatic heterocycles. The number of methoxy groups -OCH3 is 1.